The van der Waals surface area contributed by atoms with Crippen molar-refractivity contribution < 1.29 is 9.53 Å². The molecule has 0 atom stereocenters. The number of methoxy groups -OCH3 is 1. The Morgan fingerprint density at radius 1 is 1.04 bits per heavy atom. The fraction of sp³-hybridized carbons (Fsp3) is 0.0476. The second kappa shape index (κ2) is 6.80. The van der Waals surface area contributed by atoms with Gasteiger partial charge in [0.2, 0.25) is 0 Å². The maximum atomic E-state index is 12.4. The number of benzene rings is 3. The third-order valence-corrected chi connectivity index (χ3v) is 3.77. The van der Waals surface area contributed by atoms with Crippen LogP contribution in [0.3, 0.4) is 0 Å². The van der Waals surface area contributed by atoms with E-state index in [9.17, 15) is 4.79 Å². The number of hydrogen-bond donors (Lipinski definition) is 0. The van der Waals surface area contributed by atoms with Gasteiger partial charge in [-0.15, -0.1) is 0 Å². The average molecular weight is 313 g/mol. The van der Waals surface area contributed by atoms with Crippen molar-refractivity contribution in [2.24, 2.45) is 0 Å². The molecule has 3 rings (SSSR count). The van der Waals surface area contributed by atoms with Crippen LogP contribution in [-0.2, 0) is 0 Å². The molecule has 0 amide bonds. The molecule has 0 aliphatic heterocycles. The SMILES string of the molecule is COc1ccc2cc(C(=O)/C=C/c3cccc(C#N)c3)ccc2c1. The van der Waals surface area contributed by atoms with Gasteiger partial charge < -0.3 is 4.74 Å². The molecule has 0 fully saturated rings. The lowest BCUT2D eigenvalue weighted by Gasteiger charge is -2.04. The van der Waals surface area contributed by atoms with Crippen LogP contribution in [0.4, 0.5) is 0 Å². The van der Waals surface area contributed by atoms with Gasteiger partial charge in [-0.3, -0.25) is 4.79 Å². The Bertz CT molecular complexity index is 981. The molecule has 24 heavy (non-hydrogen) atoms. The van der Waals surface area contributed by atoms with Gasteiger partial charge in [0.15, 0.2) is 5.78 Å². The lowest BCUT2D eigenvalue weighted by Crippen LogP contribution is -1.94. The van der Waals surface area contributed by atoms with Crippen molar-refractivity contribution in [3.8, 4) is 11.8 Å². The molecule has 0 aliphatic rings. The molecule has 0 radical (unpaired) electrons. The largest absolute Gasteiger partial charge is 0.497 e. The van der Waals surface area contributed by atoms with E-state index in [1.807, 2.05) is 36.4 Å². The molecular formula is C21H15NO2. The highest BCUT2D eigenvalue weighted by Crippen LogP contribution is 2.22. The molecule has 0 saturated carbocycles. The summed E-state index contributed by atoms with van der Waals surface area (Å²) >= 11 is 0. The summed E-state index contributed by atoms with van der Waals surface area (Å²) in [7, 11) is 1.63. The van der Waals surface area contributed by atoms with Crippen LogP contribution >= 0.6 is 0 Å². The zero-order valence-corrected chi connectivity index (χ0v) is 13.2. The second-order valence-electron chi connectivity index (χ2n) is 5.36. The Labute approximate surface area is 140 Å². The summed E-state index contributed by atoms with van der Waals surface area (Å²) in [6.07, 6.45) is 3.25. The van der Waals surface area contributed by atoms with E-state index in [0.29, 0.717) is 11.1 Å². The molecule has 3 aromatic carbocycles. The number of ether oxygens (including phenoxy) is 1. The quantitative estimate of drug-likeness (QED) is 0.522. The second-order valence-corrected chi connectivity index (χ2v) is 5.36. The first-order valence-electron chi connectivity index (χ1n) is 7.50. The summed E-state index contributed by atoms with van der Waals surface area (Å²) in [5.41, 5.74) is 2.03. The average Bonchev–Trinajstić information content (AvgIpc) is 2.65. The predicted molar refractivity (Wildman–Crippen MR) is 95.0 cm³/mol. The maximum absolute atomic E-state index is 12.4. The Kier molecular flexibility index (Phi) is 4.40. The van der Waals surface area contributed by atoms with Gasteiger partial charge in [-0.25, -0.2) is 0 Å². The van der Waals surface area contributed by atoms with E-state index in [1.54, 1.807) is 37.5 Å². The molecule has 0 unspecified atom stereocenters. The van der Waals surface area contributed by atoms with Crippen LogP contribution in [0.25, 0.3) is 16.8 Å². The van der Waals surface area contributed by atoms with Crippen LogP contribution in [0.1, 0.15) is 21.5 Å². The van der Waals surface area contributed by atoms with E-state index in [-0.39, 0.29) is 5.78 Å². The van der Waals surface area contributed by atoms with Crippen molar-refractivity contribution in [1.29, 1.82) is 5.26 Å². The molecule has 0 spiro atoms. The van der Waals surface area contributed by atoms with Crippen molar-refractivity contribution in [3.05, 3.63) is 83.4 Å². The molecule has 116 valence electrons. The van der Waals surface area contributed by atoms with Gasteiger partial charge in [0.25, 0.3) is 0 Å². The van der Waals surface area contributed by atoms with E-state index in [0.717, 1.165) is 22.1 Å². The number of allylic oxidation sites excluding steroid dienone is 1. The molecule has 0 saturated heterocycles. The van der Waals surface area contributed by atoms with Gasteiger partial charge in [0, 0.05) is 5.56 Å². The summed E-state index contributed by atoms with van der Waals surface area (Å²) in [6.45, 7) is 0. The normalized spacial score (nSPS) is 10.7. The fourth-order valence-electron chi connectivity index (χ4n) is 2.48. The molecular weight excluding hydrogens is 298 g/mol. The number of nitrogens with zero attached hydrogens (tertiary/aromatic N) is 1. The first-order valence-corrected chi connectivity index (χ1v) is 7.50. The monoisotopic (exact) mass is 313 g/mol. The lowest BCUT2D eigenvalue weighted by atomic mass is 10.0. The van der Waals surface area contributed by atoms with Crippen LogP contribution in [0.15, 0.2) is 66.7 Å². The first-order chi connectivity index (χ1) is 11.7. The minimum Gasteiger partial charge on any atom is -0.497 e. The third kappa shape index (κ3) is 3.34. The summed E-state index contributed by atoms with van der Waals surface area (Å²) < 4.78 is 5.21. The Balaban J connectivity index is 1.85. The van der Waals surface area contributed by atoms with E-state index in [4.69, 9.17) is 10.00 Å². The highest BCUT2D eigenvalue weighted by atomic mass is 16.5. The summed E-state index contributed by atoms with van der Waals surface area (Å²) in [6, 6.07) is 20.6. The maximum Gasteiger partial charge on any atom is 0.185 e. The molecule has 0 N–H and O–H groups in total. The van der Waals surface area contributed by atoms with Crippen LogP contribution in [0, 0.1) is 11.3 Å². The topological polar surface area (TPSA) is 50.1 Å². The van der Waals surface area contributed by atoms with Crippen LogP contribution in [-0.4, -0.2) is 12.9 Å². The lowest BCUT2D eigenvalue weighted by molar-refractivity contribution is 0.104. The van der Waals surface area contributed by atoms with Crippen molar-refractivity contribution in [2.45, 2.75) is 0 Å². The first kappa shape index (κ1) is 15.5. The Morgan fingerprint density at radius 2 is 1.83 bits per heavy atom. The molecule has 0 heterocycles. The van der Waals surface area contributed by atoms with Crippen LogP contribution in [0.5, 0.6) is 5.75 Å². The minimum absolute atomic E-state index is 0.0740. The number of carbonyl (C=O) groups excluding carboxylic acids is 1. The molecule has 3 aromatic rings. The number of fused-ring (bicyclic) bond motifs is 1. The molecule has 3 nitrogen and oxygen atoms in total. The van der Waals surface area contributed by atoms with E-state index < -0.39 is 0 Å². The number of hydrogen-bond acceptors (Lipinski definition) is 3. The summed E-state index contributed by atoms with van der Waals surface area (Å²) in [5.74, 6) is 0.717. The fourth-order valence-corrected chi connectivity index (χ4v) is 2.48. The number of rotatable bonds is 4. The van der Waals surface area contributed by atoms with Crippen molar-refractivity contribution in [2.75, 3.05) is 7.11 Å². The highest BCUT2D eigenvalue weighted by molar-refractivity contribution is 6.08. The molecule has 3 heteroatoms. The number of ketones is 1. The highest BCUT2D eigenvalue weighted by Gasteiger charge is 2.04. The minimum atomic E-state index is -0.0740. The Morgan fingerprint density at radius 3 is 2.62 bits per heavy atom. The van der Waals surface area contributed by atoms with E-state index >= 15 is 0 Å². The molecule has 0 aliphatic carbocycles. The van der Waals surface area contributed by atoms with Crippen molar-refractivity contribution in [3.63, 3.8) is 0 Å². The molecule has 0 aromatic heterocycles. The molecule has 0 bridgehead atoms. The predicted octanol–water partition coefficient (Wildman–Crippen LogP) is 4.62. The van der Waals surface area contributed by atoms with Crippen molar-refractivity contribution in [1.82, 2.24) is 0 Å². The smallest absolute Gasteiger partial charge is 0.185 e. The standard InChI is InChI=1S/C21H15NO2/c1-24-20-9-8-17-12-19(7-6-18(17)13-20)21(23)10-5-15-3-2-4-16(11-15)14-22/h2-13H,1H3/b10-5+. The van der Waals surface area contributed by atoms with Gasteiger partial charge >= 0.3 is 0 Å². The van der Waals surface area contributed by atoms with Gasteiger partial charge in [0.1, 0.15) is 5.75 Å². The van der Waals surface area contributed by atoms with E-state index in [2.05, 4.69) is 6.07 Å². The van der Waals surface area contributed by atoms with Gasteiger partial charge in [0.05, 0.1) is 18.7 Å². The number of carbonyl (C=O) groups is 1. The van der Waals surface area contributed by atoms with Crippen LogP contribution in [0.2, 0.25) is 0 Å². The number of nitriles is 1. The summed E-state index contributed by atoms with van der Waals surface area (Å²) in [4.78, 5) is 12.4. The van der Waals surface area contributed by atoms with Crippen LogP contribution < -0.4 is 4.74 Å². The van der Waals surface area contributed by atoms with Gasteiger partial charge in [-0.2, -0.15) is 5.26 Å². The van der Waals surface area contributed by atoms with Gasteiger partial charge in [-0.1, -0.05) is 36.4 Å². The zero-order valence-electron chi connectivity index (χ0n) is 13.2. The third-order valence-electron chi connectivity index (χ3n) is 3.77. The van der Waals surface area contributed by atoms with Crippen molar-refractivity contribution >= 4 is 22.6 Å². The zero-order chi connectivity index (χ0) is 16.9. The summed E-state index contributed by atoms with van der Waals surface area (Å²) in [5, 5.41) is 10.9. The Hall–Kier alpha value is -3.38. The van der Waals surface area contributed by atoms with E-state index in [1.165, 1.54) is 6.08 Å². The van der Waals surface area contributed by atoms with Gasteiger partial charge in [-0.05, 0) is 52.7 Å².